The minimum absolute atomic E-state index is 0.191. The fourth-order valence-corrected chi connectivity index (χ4v) is 2.97. The molecular weight excluding hydrogens is 326 g/mol. The van der Waals surface area contributed by atoms with Gasteiger partial charge in [0.2, 0.25) is 0 Å². The molecule has 0 spiro atoms. The molecule has 1 aromatic heterocycles. The molecule has 0 atom stereocenters. The molecule has 3 aromatic rings. The van der Waals surface area contributed by atoms with Crippen LogP contribution in [-0.2, 0) is 22.7 Å². The Labute approximate surface area is 152 Å². The predicted molar refractivity (Wildman–Crippen MR) is 98.1 cm³/mol. The molecule has 0 saturated carbocycles. The average Bonchev–Trinajstić information content (AvgIpc) is 3.09. The molecule has 1 heterocycles. The van der Waals surface area contributed by atoms with Crippen molar-refractivity contribution in [3.05, 3.63) is 77.4 Å². The molecule has 3 rings (SSSR count). The number of carbonyl (C=O) groups excluding carboxylic acids is 1. The third-order valence-electron chi connectivity index (χ3n) is 4.32. The fourth-order valence-electron chi connectivity index (χ4n) is 2.97. The summed E-state index contributed by atoms with van der Waals surface area (Å²) in [7, 11) is 0. The van der Waals surface area contributed by atoms with Crippen molar-refractivity contribution < 1.29 is 9.53 Å². The second kappa shape index (κ2) is 7.66. The standard InChI is InChI=1S/C21H19N3O2/c1-15-19(12-24-14-23-11-20(24)13-26-16(2)25)9-8-18(10-22)21(15)17-6-4-3-5-7-17/h3-9,11,14H,12-13H2,1-2H3. The van der Waals surface area contributed by atoms with Gasteiger partial charge in [-0.3, -0.25) is 4.79 Å². The van der Waals surface area contributed by atoms with E-state index in [0.29, 0.717) is 12.1 Å². The molecule has 0 fully saturated rings. The van der Waals surface area contributed by atoms with E-state index in [1.165, 1.54) is 6.92 Å². The minimum Gasteiger partial charge on any atom is -0.459 e. The van der Waals surface area contributed by atoms with Gasteiger partial charge in [-0.2, -0.15) is 5.26 Å². The summed E-state index contributed by atoms with van der Waals surface area (Å²) in [6, 6.07) is 16.0. The van der Waals surface area contributed by atoms with Crippen molar-refractivity contribution in [3.8, 4) is 17.2 Å². The van der Waals surface area contributed by atoms with E-state index >= 15 is 0 Å². The number of rotatable bonds is 5. The molecule has 0 aliphatic heterocycles. The van der Waals surface area contributed by atoms with Gasteiger partial charge in [0, 0.05) is 19.0 Å². The summed E-state index contributed by atoms with van der Waals surface area (Å²) in [5, 5.41) is 9.50. The van der Waals surface area contributed by atoms with Crippen LogP contribution in [0.25, 0.3) is 11.1 Å². The highest BCUT2D eigenvalue weighted by molar-refractivity contribution is 5.75. The van der Waals surface area contributed by atoms with Crippen LogP contribution < -0.4 is 0 Å². The van der Waals surface area contributed by atoms with Crippen molar-refractivity contribution >= 4 is 5.97 Å². The smallest absolute Gasteiger partial charge is 0.303 e. The van der Waals surface area contributed by atoms with Crippen LogP contribution >= 0.6 is 0 Å². The van der Waals surface area contributed by atoms with Gasteiger partial charge in [0.25, 0.3) is 0 Å². The molecule has 5 nitrogen and oxygen atoms in total. The Morgan fingerprint density at radius 1 is 1.23 bits per heavy atom. The largest absolute Gasteiger partial charge is 0.459 e. The number of nitrogens with zero attached hydrogens (tertiary/aromatic N) is 3. The lowest BCUT2D eigenvalue weighted by molar-refractivity contribution is -0.142. The summed E-state index contributed by atoms with van der Waals surface area (Å²) < 4.78 is 7.03. The zero-order valence-corrected chi connectivity index (χ0v) is 14.8. The molecule has 26 heavy (non-hydrogen) atoms. The number of ether oxygens (including phenoxy) is 1. The zero-order chi connectivity index (χ0) is 18.5. The summed E-state index contributed by atoms with van der Waals surface area (Å²) in [4.78, 5) is 15.2. The van der Waals surface area contributed by atoms with Crippen LogP contribution in [0.2, 0.25) is 0 Å². The topological polar surface area (TPSA) is 67.9 Å². The summed E-state index contributed by atoms with van der Waals surface area (Å²) in [5.74, 6) is -0.321. The number of hydrogen-bond acceptors (Lipinski definition) is 4. The van der Waals surface area contributed by atoms with Gasteiger partial charge in [-0.25, -0.2) is 4.98 Å². The Morgan fingerprint density at radius 2 is 2.00 bits per heavy atom. The second-order valence-electron chi connectivity index (χ2n) is 6.04. The Balaban J connectivity index is 1.97. The van der Waals surface area contributed by atoms with Crippen LogP contribution in [0.15, 0.2) is 55.0 Å². The maximum atomic E-state index is 11.1. The monoisotopic (exact) mass is 345 g/mol. The van der Waals surface area contributed by atoms with Gasteiger partial charge in [0.05, 0.1) is 29.9 Å². The number of benzene rings is 2. The van der Waals surface area contributed by atoms with Gasteiger partial charge < -0.3 is 9.30 Å². The molecule has 0 radical (unpaired) electrons. The van der Waals surface area contributed by atoms with Crippen LogP contribution in [0.1, 0.15) is 29.3 Å². The maximum absolute atomic E-state index is 11.1. The zero-order valence-electron chi connectivity index (χ0n) is 14.8. The Kier molecular flexibility index (Phi) is 5.14. The van der Waals surface area contributed by atoms with Gasteiger partial charge in [0.15, 0.2) is 0 Å². The lowest BCUT2D eigenvalue weighted by Crippen LogP contribution is -2.08. The minimum atomic E-state index is -0.321. The van der Waals surface area contributed by atoms with Crippen LogP contribution in [0.4, 0.5) is 0 Å². The first-order valence-electron chi connectivity index (χ1n) is 8.30. The lowest BCUT2D eigenvalue weighted by atomic mass is 9.92. The van der Waals surface area contributed by atoms with Crippen molar-refractivity contribution in [1.82, 2.24) is 9.55 Å². The number of aromatic nitrogens is 2. The highest BCUT2D eigenvalue weighted by Gasteiger charge is 2.13. The third-order valence-corrected chi connectivity index (χ3v) is 4.32. The molecule has 0 saturated heterocycles. The van der Waals surface area contributed by atoms with Crippen molar-refractivity contribution in [3.63, 3.8) is 0 Å². The van der Waals surface area contributed by atoms with Gasteiger partial charge in [-0.05, 0) is 29.7 Å². The van der Waals surface area contributed by atoms with Gasteiger partial charge in [0.1, 0.15) is 6.61 Å². The van der Waals surface area contributed by atoms with Crippen LogP contribution in [0.5, 0.6) is 0 Å². The Morgan fingerprint density at radius 3 is 2.69 bits per heavy atom. The van der Waals surface area contributed by atoms with Gasteiger partial charge >= 0.3 is 5.97 Å². The van der Waals surface area contributed by atoms with Crippen LogP contribution in [-0.4, -0.2) is 15.5 Å². The lowest BCUT2D eigenvalue weighted by Gasteiger charge is -2.15. The number of hydrogen-bond donors (Lipinski definition) is 0. The van der Waals surface area contributed by atoms with E-state index in [4.69, 9.17) is 4.74 Å². The van der Waals surface area contributed by atoms with Gasteiger partial charge in [-0.15, -0.1) is 0 Å². The summed E-state index contributed by atoms with van der Waals surface area (Å²) in [6.07, 6.45) is 3.42. The van der Waals surface area contributed by atoms with E-state index < -0.39 is 0 Å². The van der Waals surface area contributed by atoms with Crippen molar-refractivity contribution in [2.75, 3.05) is 0 Å². The van der Waals surface area contributed by atoms with Gasteiger partial charge in [-0.1, -0.05) is 36.4 Å². The molecule has 2 aromatic carbocycles. The molecular formula is C21H19N3O2. The predicted octanol–water partition coefficient (Wildman–Crippen LogP) is 3.84. The van der Waals surface area contributed by atoms with Crippen molar-refractivity contribution in [2.45, 2.75) is 27.0 Å². The average molecular weight is 345 g/mol. The number of imidazole rings is 1. The molecule has 0 aliphatic rings. The molecule has 0 N–H and O–H groups in total. The van der Waals surface area contributed by atoms with Crippen LogP contribution in [0.3, 0.4) is 0 Å². The second-order valence-corrected chi connectivity index (χ2v) is 6.04. The molecule has 0 aliphatic carbocycles. The van der Waals surface area contributed by atoms with Crippen molar-refractivity contribution in [2.24, 2.45) is 0 Å². The van der Waals surface area contributed by atoms with E-state index in [0.717, 1.165) is 27.9 Å². The van der Waals surface area contributed by atoms with Crippen LogP contribution in [0, 0.1) is 18.3 Å². The van der Waals surface area contributed by atoms with E-state index in [2.05, 4.69) is 11.1 Å². The maximum Gasteiger partial charge on any atom is 0.303 e. The van der Waals surface area contributed by atoms with E-state index in [9.17, 15) is 10.1 Å². The number of esters is 1. The molecule has 0 amide bonds. The Bertz CT molecular complexity index is 969. The van der Waals surface area contributed by atoms with Crippen molar-refractivity contribution in [1.29, 1.82) is 5.26 Å². The molecule has 0 bridgehead atoms. The highest BCUT2D eigenvalue weighted by Crippen LogP contribution is 2.30. The van der Waals surface area contributed by atoms with E-state index in [-0.39, 0.29) is 12.6 Å². The normalized spacial score (nSPS) is 10.3. The Hall–Kier alpha value is -3.39. The first kappa shape index (κ1) is 17.4. The van der Waals surface area contributed by atoms with E-state index in [1.54, 1.807) is 12.5 Å². The first-order chi connectivity index (χ1) is 12.6. The summed E-state index contributed by atoms with van der Waals surface area (Å²) >= 11 is 0. The highest BCUT2D eigenvalue weighted by atomic mass is 16.5. The molecule has 130 valence electrons. The molecule has 0 unspecified atom stereocenters. The number of nitriles is 1. The number of carbonyl (C=O) groups is 1. The molecule has 5 heteroatoms. The SMILES string of the molecule is CC(=O)OCc1cncn1Cc1ccc(C#N)c(-c2ccccc2)c1C. The van der Waals surface area contributed by atoms with E-state index in [1.807, 2.05) is 54.0 Å². The fraction of sp³-hybridized carbons (Fsp3) is 0.190. The summed E-state index contributed by atoms with van der Waals surface area (Å²) in [5.41, 5.74) is 5.60. The third kappa shape index (κ3) is 3.65. The first-order valence-corrected chi connectivity index (χ1v) is 8.30. The quantitative estimate of drug-likeness (QED) is 0.659. The summed E-state index contributed by atoms with van der Waals surface area (Å²) in [6.45, 7) is 4.20.